The third kappa shape index (κ3) is 2.59. The fraction of sp³-hybridized carbons (Fsp3) is 0. The number of hydrogen-bond donors (Lipinski definition) is 3. The highest BCUT2D eigenvalue weighted by Gasteiger charge is 2.25. The Morgan fingerprint density at radius 3 is 1.96 bits per heavy atom. The Bertz CT molecular complexity index is 984. The summed E-state index contributed by atoms with van der Waals surface area (Å²) >= 11 is 0. The van der Waals surface area contributed by atoms with E-state index in [2.05, 4.69) is 10.6 Å². The van der Waals surface area contributed by atoms with E-state index in [0.29, 0.717) is 11.4 Å². The minimum absolute atomic E-state index is 0.232. The highest BCUT2D eigenvalue weighted by molar-refractivity contribution is 6.06. The van der Waals surface area contributed by atoms with Gasteiger partial charge in [0.1, 0.15) is 5.82 Å². The Kier molecular flexibility index (Phi) is 3.61. The first-order valence-electron chi connectivity index (χ1n) is 7.75. The number of para-hydroxylation sites is 2. The Labute approximate surface area is 143 Å². The lowest BCUT2D eigenvalue weighted by Gasteiger charge is -2.27. The standard InChI is InChI=1S/C20H14F2N2O/c21-13-10-11-16(25)18(22)17(13)20-19(12-6-2-1-3-7-12)23-14-8-4-5-9-15(14)24-20/h1-11,23-25H. The van der Waals surface area contributed by atoms with Crippen LogP contribution in [0.2, 0.25) is 0 Å². The molecule has 124 valence electrons. The molecule has 0 atom stereocenters. The first-order chi connectivity index (χ1) is 12.1. The van der Waals surface area contributed by atoms with Crippen molar-refractivity contribution in [3.8, 4) is 5.75 Å². The zero-order chi connectivity index (χ0) is 17.4. The first-order valence-corrected chi connectivity index (χ1v) is 7.75. The van der Waals surface area contributed by atoms with Gasteiger partial charge < -0.3 is 15.7 Å². The van der Waals surface area contributed by atoms with Gasteiger partial charge in [0.05, 0.1) is 28.3 Å². The Morgan fingerprint density at radius 1 is 0.680 bits per heavy atom. The van der Waals surface area contributed by atoms with Crippen LogP contribution in [0, 0.1) is 11.6 Å². The number of fused-ring (bicyclic) bond motifs is 1. The normalized spacial score (nSPS) is 13.0. The molecule has 0 fully saturated rings. The Morgan fingerprint density at radius 2 is 1.28 bits per heavy atom. The molecule has 3 aromatic rings. The van der Waals surface area contributed by atoms with Crippen LogP contribution in [-0.4, -0.2) is 5.11 Å². The number of anilines is 2. The molecule has 0 radical (unpaired) electrons. The van der Waals surface area contributed by atoms with Crippen LogP contribution >= 0.6 is 0 Å². The number of benzene rings is 3. The lowest BCUT2D eigenvalue weighted by Crippen LogP contribution is -2.17. The van der Waals surface area contributed by atoms with E-state index in [-0.39, 0.29) is 11.3 Å². The minimum atomic E-state index is -1.00. The van der Waals surface area contributed by atoms with Crippen molar-refractivity contribution in [3.05, 3.63) is 89.5 Å². The van der Waals surface area contributed by atoms with E-state index in [4.69, 9.17) is 0 Å². The van der Waals surface area contributed by atoms with Crippen molar-refractivity contribution in [2.45, 2.75) is 0 Å². The van der Waals surface area contributed by atoms with Gasteiger partial charge in [-0.05, 0) is 24.3 Å². The maximum absolute atomic E-state index is 14.5. The molecule has 0 aliphatic carbocycles. The van der Waals surface area contributed by atoms with Crippen molar-refractivity contribution in [1.29, 1.82) is 0 Å². The van der Waals surface area contributed by atoms with Gasteiger partial charge in [-0.15, -0.1) is 0 Å². The molecule has 0 aromatic heterocycles. The van der Waals surface area contributed by atoms with Crippen LogP contribution in [0.25, 0.3) is 11.4 Å². The highest BCUT2D eigenvalue weighted by Crippen LogP contribution is 2.40. The van der Waals surface area contributed by atoms with Crippen molar-refractivity contribution in [2.75, 3.05) is 10.6 Å². The lowest BCUT2D eigenvalue weighted by atomic mass is 10.0. The maximum Gasteiger partial charge on any atom is 0.177 e. The number of nitrogens with one attached hydrogen (secondary N) is 2. The minimum Gasteiger partial charge on any atom is -0.505 e. The summed E-state index contributed by atoms with van der Waals surface area (Å²) in [6, 6.07) is 18.7. The van der Waals surface area contributed by atoms with Gasteiger partial charge in [0.25, 0.3) is 0 Å². The quantitative estimate of drug-likeness (QED) is 0.615. The molecule has 0 saturated carbocycles. The first kappa shape index (κ1) is 15.2. The molecule has 4 rings (SSSR count). The lowest BCUT2D eigenvalue weighted by molar-refractivity contribution is 0.426. The average molecular weight is 336 g/mol. The summed E-state index contributed by atoms with van der Waals surface area (Å²) in [4.78, 5) is 0. The third-order valence-corrected chi connectivity index (χ3v) is 4.08. The van der Waals surface area contributed by atoms with E-state index in [1.807, 2.05) is 54.6 Å². The second kappa shape index (κ2) is 5.94. The summed E-state index contributed by atoms with van der Waals surface area (Å²) in [6.07, 6.45) is 0. The highest BCUT2D eigenvalue weighted by atomic mass is 19.1. The summed E-state index contributed by atoms with van der Waals surface area (Å²) in [6.45, 7) is 0. The van der Waals surface area contributed by atoms with Crippen molar-refractivity contribution >= 4 is 22.8 Å². The van der Waals surface area contributed by atoms with Gasteiger partial charge >= 0.3 is 0 Å². The molecule has 3 nitrogen and oxygen atoms in total. The fourth-order valence-electron chi connectivity index (χ4n) is 2.87. The zero-order valence-electron chi connectivity index (χ0n) is 13.1. The van der Waals surface area contributed by atoms with Crippen LogP contribution in [0.1, 0.15) is 11.1 Å². The second-order valence-electron chi connectivity index (χ2n) is 5.67. The molecule has 1 heterocycles. The average Bonchev–Trinajstić information content (AvgIpc) is 2.65. The molecule has 0 bridgehead atoms. The van der Waals surface area contributed by atoms with Gasteiger partial charge in [-0.25, -0.2) is 8.78 Å². The van der Waals surface area contributed by atoms with Gasteiger partial charge in [0, 0.05) is 5.56 Å². The maximum atomic E-state index is 14.5. The third-order valence-electron chi connectivity index (χ3n) is 4.08. The van der Waals surface area contributed by atoms with E-state index in [1.165, 1.54) is 0 Å². The monoisotopic (exact) mass is 336 g/mol. The number of rotatable bonds is 2. The van der Waals surface area contributed by atoms with E-state index in [1.54, 1.807) is 0 Å². The number of halogens is 2. The van der Waals surface area contributed by atoms with Crippen molar-refractivity contribution in [2.24, 2.45) is 0 Å². The molecule has 0 saturated heterocycles. The zero-order valence-corrected chi connectivity index (χ0v) is 13.1. The predicted octanol–water partition coefficient (Wildman–Crippen LogP) is 5.03. The summed E-state index contributed by atoms with van der Waals surface area (Å²) in [7, 11) is 0. The van der Waals surface area contributed by atoms with Gasteiger partial charge in [-0.3, -0.25) is 0 Å². The molecule has 25 heavy (non-hydrogen) atoms. The predicted molar refractivity (Wildman–Crippen MR) is 95.0 cm³/mol. The molecular formula is C20H14F2N2O. The van der Waals surface area contributed by atoms with E-state index >= 15 is 0 Å². The number of aromatic hydroxyl groups is 1. The fourth-order valence-corrected chi connectivity index (χ4v) is 2.87. The second-order valence-corrected chi connectivity index (χ2v) is 5.67. The molecule has 0 spiro atoms. The van der Waals surface area contributed by atoms with Gasteiger partial charge in [0.2, 0.25) is 0 Å². The van der Waals surface area contributed by atoms with Gasteiger partial charge in [0.15, 0.2) is 11.6 Å². The molecule has 0 amide bonds. The number of phenolic OH excluding ortho intramolecular Hbond substituents is 1. The van der Waals surface area contributed by atoms with Crippen molar-refractivity contribution in [1.82, 2.24) is 0 Å². The van der Waals surface area contributed by atoms with Crippen LogP contribution in [0.5, 0.6) is 5.75 Å². The summed E-state index contributed by atoms with van der Waals surface area (Å²) in [5.74, 6) is -2.36. The Balaban J connectivity index is 1.98. The summed E-state index contributed by atoms with van der Waals surface area (Å²) < 4.78 is 28.9. The summed E-state index contributed by atoms with van der Waals surface area (Å²) in [5, 5.41) is 16.0. The number of phenols is 1. The largest absolute Gasteiger partial charge is 0.505 e. The molecule has 0 unspecified atom stereocenters. The van der Waals surface area contributed by atoms with E-state index in [0.717, 1.165) is 23.4 Å². The Hall–Kier alpha value is -3.34. The molecular weight excluding hydrogens is 322 g/mol. The van der Waals surface area contributed by atoms with Crippen LogP contribution in [-0.2, 0) is 0 Å². The van der Waals surface area contributed by atoms with Gasteiger partial charge in [-0.1, -0.05) is 42.5 Å². The topological polar surface area (TPSA) is 44.3 Å². The van der Waals surface area contributed by atoms with E-state index < -0.39 is 17.4 Å². The van der Waals surface area contributed by atoms with Crippen LogP contribution in [0.3, 0.4) is 0 Å². The van der Waals surface area contributed by atoms with Crippen LogP contribution in [0.4, 0.5) is 20.2 Å². The number of hydrogen-bond acceptors (Lipinski definition) is 3. The smallest absolute Gasteiger partial charge is 0.177 e. The van der Waals surface area contributed by atoms with Gasteiger partial charge in [-0.2, -0.15) is 0 Å². The van der Waals surface area contributed by atoms with Crippen molar-refractivity contribution < 1.29 is 13.9 Å². The molecule has 1 aliphatic rings. The summed E-state index contributed by atoms with van der Waals surface area (Å²) in [5.41, 5.74) is 2.71. The van der Waals surface area contributed by atoms with Crippen molar-refractivity contribution in [3.63, 3.8) is 0 Å². The SMILES string of the molecule is Oc1ccc(F)c(C2=C(c3ccccc3)Nc3ccccc3N2)c1F. The molecule has 3 N–H and O–H groups in total. The molecule has 5 heteroatoms. The molecule has 1 aliphatic heterocycles. The molecule has 3 aromatic carbocycles. The van der Waals surface area contributed by atoms with Crippen LogP contribution in [0.15, 0.2) is 66.7 Å². The van der Waals surface area contributed by atoms with Crippen LogP contribution < -0.4 is 10.6 Å². The van der Waals surface area contributed by atoms with E-state index in [9.17, 15) is 13.9 Å².